The number of carbonyl (C=O) groups is 2. The standard InChI is InChI=1S/C16H15F3N2O4/c17-16(18,19)25-12-5-3-11(4-6-12)10-21-14(22)7-8-20-15(23)13-2-1-9-24-13/h1-6,9H,7-8,10H2,(H,20,23)(H,21,22). The van der Waals surface area contributed by atoms with Crippen LogP contribution in [-0.4, -0.2) is 24.7 Å². The average molecular weight is 356 g/mol. The van der Waals surface area contributed by atoms with Crippen molar-refractivity contribution in [2.45, 2.75) is 19.3 Å². The van der Waals surface area contributed by atoms with E-state index in [0.717, 1.165) is 0 Å². The second-order valence-electron chi connectivity index (χ2n) is 4.95. The van der Waals surface area contributed by atoms with Gasteiger partial charge in [0.25, 0.3) is 5.91 Å². The fourth-order valence-corrected chi connectivity index (χ4v) is 1.88. The smallest absolute Gasteiger partial charge is 0.459 e. The topological polar surface area (TPSA) is 80.6 Å². The lowest BCUT2D eigenvalue weighted by Gasteiger charge is -2.10. The van der Waals surface area contributed by atoms with E-state index in [-0.39, 0.29) is 36.9 Å². The first kappa shape index (κ1) is 18.4. The molecule has 134 valence electrons. The van der Waals surface area contributed by atoms with Gasteiger partial charge in [0.05, 0.1) is 6.26 Å². The zero-order chi connectivity index (χ0) is 18.3. The van der Waals surface area contributed by atoms with Crippen LogP contribution in [-0.2, 0) is 11.3 Å². The Morgan fingerprint density at radius 2 is 1.80 bits per heavy atom. The Kier molecular flexibility index (Phi) is 6.04. The van der Waals surface area contributed by atoms with Crippen molar-refractivity contribution in [3.63, 3.8) is 0 Å². The van der Waals surface area contributed by atoms with E-state index in [1.54, 1.807) is 6.07 Å². The molecule has 0 saturated carbocycles. The molecule has 0 saturated heterocycles. The van der Waals surface area contributed by atoms with E-state index in [4.69, 9.17) is 4.42 Å². The molecule has 0 spiro atoms. The molecular formula is C16H15F3N2O4. The molecule has 0 radical (unpaired) electrons. The van der Waals surface area contributed by atoms with Gasteiger partial charge >= 0.3 is 6.36 Å². The van der Waals surface area contributed by atoms with Gasteiger partial charge < -0.3 is 19.8 Å². The highest BCUT2D eigenvalue weighted by molar-refractivity contribution is 5.91. The molecule has 0 fully saturated rings. The summed E-state index contributed by atoms with van der Waals surface area (Å²) in [7, 11) is 0. The summed E-state index contributed by atoms with van der Waals surface area (Å²) in [6.45, 7) is 0.279. The van der Waals surface area contributed by atoms with Crippen molar-refractivity contribution in [3.05, 3.63) is 54.0 Å². The molecular weight excluding hydrogens is 341 g/mol. The zero-order valence-corrected chi connectivity index (χ0v) is 12.9. The third-order valence-electron chi connectivity index (χ3n) is 3.03. The number of rotatable bonds is 7. The fraction of sp³-hybridized carbons (Fsp3) is 0.250. The number of halogens is 3. The molecule has 2 N–H and O–H groups in total. The van der Waals surface area contributed by atoms with E-state index in [2.05, 4.69) is 15.4 Å². The Bertz CT molecular complexity index is 697. The van der Waals surface area contributed by atoms with Gasteiger partial charge in [-0.1, -0.05) is 12.1 Å². The van der Waals surface area contributed by atoms with E-state index in [9.17, 15) is 22.8 Å². The van der Waals surface area contributed by atoms with Gasteiger partial charge in [0.15, 0.2) is 5.76 Å². The maximum atomic E-state index is 12.0. The highest BCUT2D eigenvalue weighted by Crippen LogP contribution is 2.22. The molecule has 1 aromatic carbocycles. The van der Waals surface area contributed by atoms with Gasteiger partial charge in [-0.2, -0.15) is 0 Å². The Balaban J connectivity index is 1.68. The van der Waals surface area contributed by atoms with Crippen molar-refractivity contribution in [2.75, 3.05) is 6.54 Å². The molecule has 0 bridgehead atoms. The molecule has 25 heavy (non-hydrogen) atoms. The van der Waals surface area contributed by atoms with Crippen LogP contribution in [0.2, 0.25) is 0 Å². The molecule has 0 unspecified atom stereocenters. The third-order valence-corrected chi connectivity index (χ3v) is 3.03. The summed E-state index contributed by atoms with van der Waals surface area (Å²) in [5.74, 6) is -0.904. The number of nitrogens with one attached hydrogen (secondary N) is 2. The normalized spacial score (nSPS) is 11.0. The lowest BCUT2D eigenvalue weighted by atomic mass is 10.2. The average Bonchev–Trinajstić information content (AvgIpc) is 3.07. The first-order valence-electron chi connectivity index (χ1n) is 7.26. The van der Waals surface area contributed by atoms with Crippen LogP contribution >= 0.6 is 0 Å². The quantitative estimate of drug-likeness (QED) is 0.799. The molecule has 6 nitrogen and oxygen atoms in total. The Morgan fingerprint density at radius 3 is 2.40 bits per heavy atom. The largest absolute Gasteiger partial charge is 0.573 e. The van der Waals surface area contributed by atoms with Crippen molar-refractivity contribution in [2.24, 2.45) is 0 Å². The predicted octanol–water partition coefficient (Wildman–Crippen LogP) is 2.61. The van der Waals surface area contributed by atoms with Crippen molar-refractivity contribution in [3.8, 4) is 5.75 Å². The molecule has 0 aliphatic heterocycles. The minimum absolute atomic E-state index is 0.0573. The molecule has 0 aliphatic carbocycles. The lowest BCUT2D eigenvalue weighted by Crippen LogP contribution is -2.30. The predicted molar refractivity (Wildman–Crippen MR) is 80.6 cm³/mol. The first-order valence-corrected chi connectivity index (χ1v) is 7.26. The highest BCUT2D eigenvalue weighted by Gasteiger charge is 2.30. The zero-order valence-electron chi connectivity index (χ0n) is 12.9. The van der Waals surface area contributed by atoms with Crippen LogP contribution in [0.3, 0.4) is 0 Å². The summed E-state index contributed by atoms with van der Waals surface area (Å²) in [4.78, 5) is 23.2. The van der Waals surface area contributed by atoms with Crippen molar-refractivity contribution < 1.29 is 31.9 Å². The van der Waals surface area contributed by atoms with Crippen LogP contribution in [0.15, 0.2) is 47.1 Å². The molecule has 2 amide bonds. The van der Waals surface area contributed by atoms with Gasteiger partial charge in [-0.3, -0.25) is 9.59 Å². The molecule has 0 atom stereocenters. The fourth-order valence-electron chi connectivity index (χ4n) is 1.88. The second kappa shape index (κ2) is 8.22. The van der Waals surface area contributed by atoms with Crippen LogP contribution in [0, 0.1) is 0 Å². The van der Waals surface area contributed by atoms with Gasteiger partial charge in [0.2, 0.25) is 5.91 Å². The Hall–Kier alpha value is -2.97. The molecule has 2 aromatic rings. The van der Waals surface area contributed by atoms with E-state index in [1.165, 1.54) is 36.6 Å². The highest BCUT2D eigenvalue weighted by atomic mass is 19.4. The number of ether oxygens (including phenoxy) is 1. The van der Waals surface area contributed by atoms with E-state index in [1.807, 2.05) is 0 Å². The summed E-state index contributed by atoms with van der Waals surface area (Å²) in [6, 6.07) is 8.24. The lowest BCUT2D eigenvalue weighted by molar-refractivity contribution is -0.274. The summed E-state index contributed by atoms with van der Waals surface area (Å²) >= 11 is 0. The number of benzene rings is 1. The van der Waals surface area contributed by atoms with Crippen LogP contribution in [0.5, 0.6) is 5.75 Å². The Labute approximate surface area is 141 Å². The number of carbonyl (C=O) groups excluding carboxylic acids is 2. The van der Waals surface area contributed by atoms with E-state index >= 15 is 0 Å². The van der Waals surface area contributed by atoms with Crippen LogP contribution in [0.4, 0.5) is 13.2 Å². The summed E-state index contributed by atoms with van der Waals surface area (Å²) in [6.07, 6.45) is -3.32. The van der Waals surface area contributed by atoms with Crippen molar-refractivity contribution >= 4 is 11.8 Å². The maximum absolute atomic E-state index is 12.0. The number of amides is 2. The van der Waals surface area contributed by atoms with Gasteiger partial charge in [-0.25, -0.2) is 0 Å². The molecule has 0 aliphatic rings. The minimum atomic E-state index is -4.74. The number of alkyl halides is 3. The van der Waals surface area contributed by atoms with Gasteiger partial charge in [0.1, 0.15) is 5.75 Å². The number of hydrogen-bond donors (Lipinski definition) is 2. The molecule has 9 heteroatoms. The van der Waals surface area contributed by atoms with Crippen molar-refractivity contribution in [1.82, 2.24) is 10.6 Å². The summed E-state index contributed by atoms with van der Waals surface area (Å²) < 4.78 is 44.8. The monoisotopic (exact) mass is 356 g/mol. The number of hydrogen-bond acceptors (Lipinski definition) is 4. The van der Waals surface area contributed by atoms with Gasteiger partial charge in [0, 0.05) is 19.5 Å². The van der Waals surface area contributed by atoms with E-state index < -0.39 is 12.3 Å². The first-order chi connectivity index (χ1) is 11.8. The van der Waals surface area contributed by atoms with Gasteiger partial charge in [-0.05, 0) is 29.8 Å². The van der Waals surface area contributed by atoms with Crippen LogP contribution in [0.25, 0.3) is 0 Å². The Morgan fingerprint density at radius 1 is 1.08 bits per heavy atom. The molecule has 1 aromatic heterocycles. The minimum Gasteiger partial charge on any atom is -0.459 e. The summed E-state index contributed by atoms with van der Waals surface area (Å²) in [5, 5.41) is 5.13. The number of furan rings is 1. The third kappa shape index (κ3) is 6.58. The molecule has 2 rings (SSSR count). The SMILES string of the molecule is O=C(CCNC(=O)c1ccco1)NCc1ccc(OC(F)(F)F)cc1. The summed E-state index contributed by atoms with van der Waals surface area (Å²) in [5.41, 5.74) is 0.613. The van der Waals surface area contributed by atoms with Crippen LogP contribution in [0.1, 0.15) is 22.5 Å². The van der Waals surface area contributed by atoms with E-state index in [0.29, 0.717) is 5.56 Å². The maximum Gasteiger partial charge on any atom is 0.573 e. The second-order valence-corrected chi connectivity index (χ2v) is 4.95. The van der Waals surface area contributed by atoms with Gasteiger partial charge in [-0.15, -0.1) is 13.2 Å². The van der Waals surface area contributed by atoms with Crippen molar-refractivity contribution in [1.29, 1.82) is 0 Å². The molecule has 1 heterocycles. The van der Waals surface area contributed by atoms with Crippen LogP contribution < -0.4 is 15.4 Å².